The molecule has 5 heteroatoms. The van der Waals surface area contributed by atoms with Gasteiger partial charge in [0.2, 0.25) is 0 Å². The van der Waals surface area contributed by atoms with E-state index in [2.05, 4.69) is 0 Å². The average Bonchev–Trinajstić information content (AvgIpc) is 2.41. The summed E-state index contributed by atoms with van der Waals surface area (Å²) in [6, 6.07) is 5.58. The molecule has 22 heavy (non-hydrogen) atoms. The number of ether oxygens (including phenoxy) is 3. The first kappa shape index (κ1) is 16.1. The number of esters is 2. The van der Waals surface area contributed by atoms with Crippen LogP contribution in [0.5, 0.6) is 5.75 Å². The summed E-state index contributed by atoms with van der Waals surface area (Å²) in [6.07, 6.45) is 2.32. The molecule has 0 atom stereocenters. The second-order valence-electron chi connectivity index (χ2n) is 5.63. The normalized spacial score (nSPS) is 16.8. The molecule has 1 aliphatic rings. The van der Waals surface area contributed by atoms with Crippen LogP contribution in [0.2, 0.25) is 0 Å². The molecule has 0 amide bonds. The lowest BCUT2D eigenvalue weighted by Gasteiger charge is -2.29. The van der Waals surface area contributed by atoms with Crippen LogP contribution in [0.3, 0.4) is 0 Å². The van der Waals surface area contributed by atoms with Crippen molar-refractivity contribution in [2.24, 2.45) is 0 Å². The minimum Gasteiger partial charge on any atom is -0.493 e. The predicted molar refractivity (Wildman–Crippen MR) is 81.2 cm³/mol. The lowest BCUT2D eigenvalue weighted by atomic mass is 10.1. The van der Waals surface area contributed by atoms with Crippen LogP contribution in [-0.2, 0) is 19.1 Å². The minimum absolute atomic E-state index is 0.133. The van der Waals surface area contributed by atoms with Crippen molar-refractivity contribution >= 4 is 18.0 Å². The molecule has 1 aliphatic heterocycles. The van der Waals surface area contributed by atoms with Crippen LogP contribution in [0.25, 0.3) is 6.08 Å². The molecular weight excluding hydrogens is 284 g/mol. The number of hydrogen-bond acceptors (Lipinski definition) is 5. The van der Waals surface area contributed by atoms with E-state index in [0.29, 0.717) is 17.9 Å². The third-order valence-electron chi connectivity index (χ3n) is 3.04. The molecule has 0 aromatic heterocycles. The summed E-state index contributed by atoms with van der Waals surface area (Å²) in [7, 11) is 0. The van der Waals surface area contributed by atoms with Gasteiger partial charge in [-0.25, -0.2) is 9.59 Å². The van der Waals surface area contributed by atoms with Crippen LogP contribution < -0.4 is 4.74 Å². The number of hydrogen-bond donors (Lipinski definition) is 0. The van der Waals surface area contributed by atoms with E-state index in [4.69, 9.17) is 14.2 Å². The van der Waals surface area contributed by atoms with Gasteiger partial charge in [0.1, 0.15) is 11.3 Å². The fraction of sp³-hybridized carbons (Fsp3) is 0.412. The highest BCUT2D eigenvalue weighted by Gasteiger charge is 2.38. The van der Waals surface area contributed by atoms with Gasteiger partial charge >= 0.3 is 11.9 Å². The molecule has 1 heterocycles. The zero-order chi connectivity index (χ0) is 16.3. The van der Waals surface area contributed by atoms with Crippen LogP contribution in [0.4, 0.5) is 0 Å². The molecule has 2 rings (SSSR count). The fourth-order valence-electron chi connectivity index (χ4n) is 2.06. The summed E-state index contributed by atoms with van der Waals surface area (Å²) in [4.78, 5) is 24.0. The minimum atomic E-state index is -1.24. The maximum atomic E-state index is 12.0. The molecule has 1 saturated heterocycles. The van der Waals surface area contributed by atoms with Crippen molar-refractivity contribution in [2.75, 3.05) is 6.61 Å². The van der Waals surface area contributed by atoms with Gasteiger partial charge in [0.05, 0.1) is 6.61 Å². The van der Waals surface area contributed by atoms with Gasteiger partial charge in [0.15, 0.2) is 0 Å². The van der Waals surface area contributed by atoms with Gasteiger partial charge in [-0.05, 0) is 31.6 Å². The van der Waals surface area contributed by atoms with Crippen LogP contribution in [-0.4, -0.2) is 24.3 Å². The van der Waals surface area contributed by atoms with Crippen LogP contribution in [0.1, 0.15) is 38.3 Å². The lowest BCUT2D eigenvalue weighted by Crippen LogP contribution is -2.41. The van der Waals surface area contributed by atoms with Crippen LogP contribution in [0, 0.1) is 6.92 Å². The first-order valence-corrected chi connectivity index (χ1v) is 7.24. The van der Waals surface area contributed by atoms with Gasteiger partial charge < -0.3 is 14.2 Å². The Hall–Kier alpha value is -2.30. The summed E-state index contributed by atoms with van der Waals surface area (Å²) in [5, 5.41) is 0. The Kier molecular flexibility index (Phi) is 4.54. The Balaban J connectivity index is 2.37. The molecule has 0 spiro atoms. The molecule has 0 saturated carbocycles. The SMILES string of the molecule is CCCOc1ccc(C)cc1C=C1C(=O)OC(C)(C)OC1=O. The van der Waals surface area contributed by atoms with Crippen LogP contribution >= 0.6 is 0 Å². The van der Waals surface area contributed by atoms with Crippen molar-refractivity contribution in [1.82, 2.24) is 0 Å². The number of aryl methyl sites for hydroxylation is 1. The van der Waals surface area contributed by atoms with Crippen LogP contribution in [0.15, 0.2) is 23.8 Å². The first-order valence-electron chi connectivity index (χ1n) is 7.24. The monoisotopic (exact) mass is 304 g/mol. The topological polar surface area (TPSA) is 61.8 Å². The van der Waals surface area contributed by atoms with Crippen molar-refractivity contribution in [3.05, 3.63) is 34.9 Å². The van der Waals surface area contributed by atoms with Crippen molar-refractivity contribution in [1.29, 1.82) is 0 Å². The molecule has 5 nitrogen and oxygen atoms in total. The first-order chi connectivity index (χ1) is 10.3. The Morgan fingerprint density at radius 3 is 2.41 bits per heavy atom. The smallest absolute Gasteiger partial charge is 0.348 e. The standard InChI is InChI=1S/C17H20O5/c1-5-8-20-14-7-6-11(2)9-12(14)10-13-15(18)21-17(3,4)22-16(13)19/h6-7,9-10H,5,8H2,1-4H3. The van der Waals surface area contributed by atoms with Crippen molar-refractivity contribution in [3.8, 4) is 5.75 Å². The van der Waals surface area contributed by atoms with Gasteiger partial charge in [-0.1, -0.05) is 18.6 Å². The second kappa shape index (κ2) is 6.22. The van der Waals surface area contributed by atoms with Gasteiger partial charge in [0.25, 0.3) is 5.79 Å². The molecule has 1 fully saturated rings. The number of benzene rings is 1. The summed E-state index contributed by atoms with van der Waals surface area (Å²) >= 11 is 0. The quantitative estimate of drug-likeness (QED) is 0.486. The average molecular weight is 304 g/mol. The van der Waals surface area contributed by atoms with E-state index in [1.165, 1.54) is 19.9 Å². The van der Waals surface area contributed by atoms with Gasteiger partial charge in [0, 0.05) is 19.4 Å². The molecule has 0 bridgehead atoms. The molecular formula is C17H20O5. The van der Waals surface area contributed by atoms with Crippen molar-refractivity contribution < 1.29 is 23.8 Å². The number of rotatable bonds is 4. The van der Waals surface area contributed by atoms with Crippen molar-refractivity contribution in [3.63, 3.8) is 0 Å². The highest BCUT2D eigenvalue weighted by Crippen LogP contribution is 2.28. The summed E-state index contributed by atoms with van der Waals surface area (Å²) < 4.78 is 15.8. The lowest BCUT2D eigenvalue weighted by molar-refractivity contribution is -0.222. The highest BCUT2D eigenvalue weighted by molar-refractivity contribution is 6.19. The number of carbonyl (C=O) groups is 2. The molecule has 118 valence electrons. The zero-order valence-corrected chi connectivity index (χ0v) is 13.3. The van der Waals surface area contributed by atoms with E-state index in [9.17, 15) is 9.59 Å². The Morgan fingerprint density at radius 1 is 1.18 bits per heavy atom. The molecule has 0 aliphatic carbocycles. The fourth-order valence-corrected chi connectivity index (χ4v) is 2.06. The van der Waals surface area contributed by atoms with Gasteiger partial charge in [-0.2, -0.15) is 0 Å². The summed E-state index contributed by atoms with van der Waals surface area (Å²) in [5.41, 5.74) is 1.51. The van der Waals surface area contributed by atoms with E-state index in [-0.39, 0.29) is 5.57 Å². The second-order valence-corrected chi connectivity index (χ2v) is 5.63. The highest BCUT2D eigenvalue weighted by atomic mass is 16.7. The maximum absolute atomic E-state index is 12.0. The molecule has 0 N–H and O–H groups in total. The molecule has 0 unspecified atom stereocenters. The predicted octanol–water partition coefficient (Wildman–Crippen LogP) is 3.00. The zero-order valence-electron chi connectivity index (χ0n) is 13.3. The summed E-state index contributed by atoms with van der Waals surface area (Å²) in [5.74, 6) is -2.00. The van der Waals surface area contributed by atoms with E-state index >= 15 is 0 Å². The third kappa shape index (κ3) is 3.67. The van der Waals surface area contributed by atoms with Gasteiger partial charge in [-0.3, -0.25) is 0 Å². The largest absolute Gasteiger partial charge is 0.493 e. The van der Waals surface area contributed by atoms with E-state index < -0.39 is 17.7 Å². The molecule has 1 aromatic rings. The Labute approximate surface area is 129 Å². The van der Waals surface area contributed by atoms with Gasteiger partial charge in [-0.15, -0.1) is 0 Å². The molecule has 1 aromatic carbocycles. The number of cyclic esters (lactones) is 2. The summed E-state index contributed by atoms with van der Waals surface area (Å²) in [6.45, 7) is 7.52. The Morgan fingerprint density at radius 2 is 1.82 bits per heavy atom. The van der Waals surface area contributed by atoms with E-state index in [1.807, 2.05) is 32.0 Å². The molecule has 0 radical (unpaired) electrons. The third-order valence-corrected chi connectivity index (χ3v) is 3.04. The van der Waals surface area contributed by atoms with Crippen molar-refractivity contribution in [2.45, 2.75) is 39.9 Å². The number of carbonyl (C=O) groups excluding carboxylic acids is 2. The Bertz CT molecular complexity index is 606. The van der Waals surface area contributed by atoms with E-state index in [0.717, 1.165) is 12.0 Å². The maximum Gasteiger partial charge on any atom is 0.348 e. The van der Waals surface area contributed by atoms with E-state index in [1.54, 1.807) is 0 Å².